The van der Waals surface area contributed by atoms with Gasteiger partial charge >= 0.3 is 5.97 Å². The maximum atomic E-state index is 12.4. The van der Waals surface area contributed by atoms with Crippen molar-refractivity contribution in [1.29, 1.82) is 0 Å². The van der Waals surface area contributed by atoms with Crippen LogP contribution in [0.3, 0.4) is 0 Å². The van der Waals surface area contributed by atoms with Crippen LogP contribution in [0.4, 0.5) is 0 Å². The van der Waals surface area contributed by atoms with E-state index in [1.807, 2.05) is 12.1 Å². The third kappa shape index (κ3) is 5.55. The molecule has 0 radical (unpaired) electrons. The number of carbonyl (C=O) groups excluding carboxylic acids is 3. The SMILES string of the molecule is C[C@@H](NC(=O)c1ccc(C(C)(C)C)cc1)C(=O)O[C@H](C)C(=O)N1CCCC1. The number of carbonyl (C=O) groups is 3. The number of nitrogens with one attached hydrogen (secondary N) is 1. The molecule has 0 unspecified atom stereocenters. The molecular weight excluding hydrogens is 344 g/mol. The molecular formula is C21H30N2O4. The highest BCUT2D eigenvalue weighted by molar-refractivity contribution is 5.97. The van der Waals surface area contributed by atoms with Crippen molar-refractivity contribution in [3.05, 3.63) is 35.4 Å². The number of likely N-dealkylation sites (tertiary alicyclic amines) is 1. The first-order valence-electron chi connectivity index (χ1n) is 9.50. The predicted octanol–water partition coefficient (Wildman–Crippen LogP) is 2.66. The minimum absolute atomic E-state index is 0.00409. The lowest BCUT2D eigenvalue weighted by molar-refractivity contribution is -0.159. The number of hydrogen-bond acceptors (Lipinski definition) is 4. The second-order valence-corrected chi connectivity index (χ2v) is 8.13. The number of esters is 1. The summed E-state index contributed by atoms with van der Waals surface area (Å²) in [4.78, 5) is 38.5. The molecule has 27 heavy (non-hydrogen) atoms. The second kappa shape index (κ2) is 8.55. The molecule has 0 aromatic heterocycles. The largest absolute Gasteiger partial charge is 0.451 e. The van der Waals surface area contributed by atoms with Crippen molar-refractivity contribution >= 4 is 17.8 Å². The molecule has 2 atom stereocenters. The lowest BCUT2D eigenvalue weighted by Crippen LogP contribution is -2.44. The van der Waals surface area contributed by atoms with Gasteiger partial charge in [-0.15, -0.1) is 0 Å². The molecule has 148 valence electrons. The van der Waals surface area contributed by atoms with Gasteiger partial charge in [0.2, 0.25) is 0 Å². The van der Waals surface area contributed by atoms with Gasteiger partial charge in [-0.2, -0.15) is 0 Å². The van der Waals surface area contributed by atoms with Gasteiger partial charge < -0.3 is 15.0 Å². The fourth-order valence-electron chi connectivity index (χ4n) is 2.98. The molecule has 0 spiro atoms. The summed E-state index contributed by atoms with van der Waals surface area (Å²) in [5.41, 5.74) is 1.61. The quantitative estimate of drug-likeness (QED) is 0.804. The molecule has 1 aliphatic rings. The molecule has 1 saturated heterocycles. The maximum Gasteiger partial charge on any atom is 0.329 e. The molecule has 1 aromatic rings. The van der Waals surface area contributed by atoms with Crippen molar-refractivity contribution in [2.24, 2.45) is 0 Å². The van der Waals surface area contributed by atoms with Gasteiger partial charge in [-0.05, 0) is 49.8 Å². The van der Waals surface area contributed by atoms with Crippen LogP contribution in [-0.2, 0) is 19.7 Å². The van der Waals surface area contributed by atoms with Gasteiger partial charge in [0.05, 0.1) is 0 Å². The van der Waals surface area contributed by atoms with E-state index in [1.165, 1.54) is 0 Å². The Morgan fingerprint density at radius 1 is 1.04 bits per heavy atom. The van der Waals surface area contributed by atoms with Crippen LogP contribution in [0.25, 0.3) is 0 Å². The third-order valence-corrected chi connectivity index (χ3v) is 4.77. The fraction of sp³-hybridized carbons (Fsp3) is 0.571. The smallest absolute Gasteiger partial charge is 0.329 e. The van der Waals surface area contributed by atoms with Crippen molar-refractivity contribution in [2.45, 2.75) is 65.0 Å². The van der Waals surface area contributed by atoms with Crippen molar-refractivity contribution < 1.29 is 19.1 Å². The van der Waals surface area contributed by atoms with E-state index in [0.717, 1.165) is 18.4 Å². The molecule has 1 N–H and O–H groups in total. The van der Waals surface area contributed by atoms with Crippen molar-refractivity contribution in [1.82, 2.24) is 10.2 Å². The van der Waals surface area contributed by atoms with Crippen LogP contribution in [0.15, 0.2) is 24.3 Å². The van der Waals surface area contributed by atoms with E-state index in [2.05, 4.69) is 26.1 Å². The summed E-state index contributed by atoms with van der Waals surface area (Å²) in [6.07, 6.45) is 1.11. The van der Waals surface area contributed by atoms with Crippen LogP contribution in [0.5, 0.6) is 0 Å². The van der Waals surface area contributed by atoms with E-state index in [0.29, 0.717) is 18.7 Å². The average molecular weight is 374 g/mol. The first-order chi connectivity index (χ1) is 12.6. The van der Waals surface area contributed by atoms with Crippen LogP contribution in [0.1, 0.15) is 63.4 Å². The zero-order valence-corrected chi connectivity index (χ0v) is 16.9. The zero-order chi connectivity index (χ0) is 20.2. The Morgan fingerprint density at radius 2 is 1.59 bits per heavy atom. The second-order valence-electron chi connectivity index (χ2n) is 8.13. The molecule has 1 heterocycles. The number of hydrogen-bond donors (Lipinski definition) is 1. The molecule has 1 aromatic carbocycles. The van der Waals surface area contributed by atoms with E-state index >= 15 is 0 Å². The van der Waals surface area contributed by atoms with Crippen molar-refractivity contribution in [3.63, 3.8) is 0 Å². The normalized spacial score (nSPS) is 16.6. The van der Waals surface area contributed by atoms with Crippen molar-refractivity contribution in [2.75, 3.05) is 13.1 Å². The molecule has 6 nitrogen and oxygen atoms in total. The molecule has 2 amide bonds. The average Bonchev–Trinajstić information content (AvgIpc) is 3.14. The Kier molecular flexibility index (Phi) is 6.63. The third-order valence-electron chi connectivity index (χ3n) is 4.77. The first kappa shape index (κ1) is 20.9. The molecule has 1 aliphatic heterocycles. The van der Waals surface area contributed by atoms with Gasteiger partial charge in [0.25, 0.3) is 11.8 Å². The van der Waals surface area contributed by atoms with Crippen LogP contribution in [0.2, 0.25) is 0 Å². The minimum Gasteiger partial charge on any atom is -0.451 e. The van der Waals surface area contributed by atoms with Gasteiger partial charge in [0.15, 0.2) is 6.10 Å². The summed E-state index contributed by atoms with van der Waals surface area (Å²) in [5, 5.41) is 2.63. The maximum absolute atomic E-state index is 12.4. The van der Waals surface area contributed by atoms with Gasteiger partial charge in [-0.1, -0.05) is 32.9 Å². The van der Waals surface area contributed by atoms with E-state index < -0.39 is 18.1 Å². The number of rotatable bonds is 5. The lowest BCUT2D eigenvalue weighted by Gasteiger charge is -2.22. The summed E-state index contributed by atoms with van der Waals surface area (Å²) < 4.78 is 5.24. The molecule has 0 saturated carbocycles. The van der Waals surface area contributed by atoms with Crippen LogP contribution in [-0.4, -0.2) is 47.9 Å². The van der Waals surface area contributed by atoms with Gasteiger partial charge in [-0.25, -0.2) is 4.79 Å². The Balaban J connectivity index is 1.89. The van der Waals surface area contributed by atoms with Gasteiger partial charge in [0.1, 0.15) is 6.04 Å². The Bertz CT molecular complexity index is 685. The van der Waals surface area contributed by atoms with Crippen LogP contribution < -0.4 is 5.32 Å². The van der Waals surface area contributed by atoms with Crippen LogP contribution in [0, 0.1) is 0 Å². The number of nitrogens with zero attached hydrogens (tertiary/aromatic N) is 1. The molecule has 6 heteroatoms. The van der Waals surface area contributed by atoms with Gasteiger partial charge in [-0.3, -0.25) is 9.59 Å². The topological polar surface area (TPSA) is 75.7 Å². The monoisotopic (exact) mass is 374 g/mol. The zero-order valence-electron chi connectivity index (χ0n) is 16.9. The summed E-state index contributed by atoms with van der Waals surface area (Å²) in [6.45, 7) is 10.8. The Hall–Kier alpha value is -2.37. The Labute approximate surface area is 161 Å². The van der Waals surface area contributed by atoms with Crippen molar-refractivity contribution in [3.8, 4) is 0 Å². The predicted molar refractivity (Wildman–Crippen MR) is 103 cm³/mol. The molecule has 0 aliphatic carbocycles. The fourth-order valence-corrected chi connectivity index (χ4v) is 2.98. The van der Waals surface area contributed by atoms with E-state index in [1.54, 1.807) is 30.9 Å². The number of benzene rings is 1. The lowest BCUT2D eigenvalue weighted by atomic mass is 9.86. The highest BCUT2D eigenvalue weighted by Gasteiger charge is 2.28. The summed E-state index contributed by atoms with van der Waals surface area (Å²) >= 11 is 0. The standard InChI is InChI=1S/C21H30N2O4/c1-14(20(26)27-15(2)19(25)23-12-6-7-13-23)22-18(24)16-8-10-17(11-9-16)21(3,4)5/h8-11,14-15H,6-7,12-13H2,1-5H3,(H,22,24)/t14-,15-/m1/s1. The first-order valence-corrected chi connectivity index (χ1v) is 9.50. The number of ether oxygens (including phenoxy) is 1. The molecule has 0 bridgehead atoms. The summed E-state index contributed by atoms with van der Waals surface area (Å²) in [7, 11) is 0. The molecule has 2 rings (SSSR count). The van der Waals surface area contributed by atoms with Crippen LogP contribution >= 0.6 is 0 Å². The molecule has 1 fully saturated rings. The highest BCUT2D eigenvalue weighted by Crippen LogP contribution is 2.22. The van der Waals surface area contributed by atoms with E-state index in [4.69, 9.17) is 4.74 Å². The number of amides is 2. The minimum atomic E-state index is -0.846. The Morgan fingerprint density at radius 3 is 2.11 bits per heavy atom. The van der Waals surface area contributed by atoms with E-state index in [9.17, 15) is 14.4 Å². The summed E-state index contributed by atoms with van der Waals surface area (Å²) in [6, 6.07) is 6.47. The van der Waals surface area contributed by atoms with E-state index in [-0.39, 0.29) is 17.2 Å². The van der Waals surface area contributed by atoms with Gasteiger partial charge in [0, 0.05) is 18.7 Å². The highest BCUT2D eigenvalue weighted by atomic mass is 16.5. The summed E-state index contributed by atoms with van der Waals surface area (Å²) in [5.74, 6) is -1.15.